The molecule has 8 nitrogen and oxygen atoms in total. The predicted octanol–water partition coefficient (Wildman–Crippen LogP) is -1.72. The van der Waals surface area contributed by atoms with E-state index in [9.17, 15) is 10.2 Å². The van der Waals surface area contributed by atoms with Gasteiger partial charge in [-0.15, -0.1) is 0 Å². The summed E-state index contributed by atoms with van der Waals surface area (Å²) in [7, 11) is 3.97. The fraction of sp³-hybridized carbons (Fsp3) is 1.00. The number of rotatable bonds is 15. The molecule has 0 aromatic rings. The van der Waals surface area contributed by atoms with E-state index in [0.717, 1.165) is 13.1 Å². The Labute approximate surface area is 132 Å². The average molecular weight is 324 g/mol. The Balaban J connectivity index is 4.07. The highest BCUT2D eigenvalue weighted by Crippen LogP contribution is 2.03. The summed E-state index contributed by atoms with van der Waals surface area (Å²) in [5.74, 6) is 0. The molecule has 134 valence electrons. The van der Waals surface area contributed by atoms with Crippen LogP contribution in [0.25, 0.3) is 0 Å². The first-order valence-electron chi connectivity index (χ1n) is 7.67. The summed E-state index contributed by atoms with van der Waals surface area (Å²) in [6.07, 6.45) is -0.934. The highest BCUT2D eigenvalue weighted by Gasteiger charge is 2.12. The van der Waals surface area contributed by atoms with Crippen LogP contribution in [-0.4, -0.2) is 110 Å². The minimum absolute atomic E-state index is 0.115. The lowest BCUT2D eigenvalue weighted by Gasteiger charge is -2.26. The highest BCUT2D eigenvalue weighted by molar-refractivity contribution is 4.62. The van der Waals surface area contributed by atoms with Crippen molar-refractivity contribution in [1.82, 2.24) is 9.80 Å². The van der Waals surface area contributed by atoms with Gasteiger partial charge in [0.2, 0.25) is 0 Å². The molecule has 0 aliphatic heterocycles. The number of nitrogens with zero attached hydrogens (tertiary/aromatic N) is 2. The standard InChI is InChI=1S/C14H32N2O6/c1-15(2)7-8-16(5-3-13(19)21-11-9-17)6-4-14(20)22-12-10-18/h13-14,17-20H,3-12H2,1-2H3. The van der Waals surface area contributed by atoms with E-state index in [1.807, 2.05) is 14.1 Å². The number of likely N-dealkylation sites (N-methyl/N-ethyl adjacent to an activating group) is 1. The lowest BCUT2D eigenvalue weighted by Crippen LogP contribution is -2.36. The van der Waals surface area contributed by atoms with Gasteiger partial charge in [0, 0.05) is 39.0 Å². The molecule has 0 aliphatic carbocycles. The SMILES string of the molecule is CN(C)CCN(CCC(O)OCCO)CCC(O)OCCO. The van der Waals surface area contributed by atoms with Crippen molar-refractivity contribution in [2.75, 3.05) is 66.7 Å². The first kappa shape index (κ1) is 21.7. The summed E-state index contributed by atoms with van der Waals surface area (Å²) >= 11 is 0. The molecular formula is C14H32N2O6. The maximum absolute atomic E-state index is 9.63. The molecule has 0 aromatic carbocycles. The van der Waals surface area contributed by atoms with Gasteiger partial charge in [0.15, 0.2) is 12.6 Å². The van der Waals surface area contributed by atoms with E-state index < -0.39 is 12.6 Å². The Bertz CT molecular complexity index is 227. The van der Waals surface area contributed by atoms with Crippen molar-refractivity contribution in [1.29, 1.82) is 0 Å². The lowest BCUT2D eigenvalue weighted by atomic mass is 10.3. The molecule has 0 radical (unpaired) electrons. The molecule has 0 saturated heterocycles. The van der Waals surface area contributed by atoms with Crippen LogP contribution in [-0.2, 0) is 9.47 Å². The second-order valence-electron chi connectivity index (χ2n) is 5.32. The molecular weight excluding hydrogens is 292 g/mol. The highest BCUT2D eigenvalue weighted by atomic mass is 16.6. The minimum Gasteiger partial charge on any atom is -0.394 e. The van der Waals surface area contributed by atoms with E-state index in [0.29, 0.717) is 25.9 Å². The van der Waals surface area contributed by atoms with Gasteiger partial charge in [0.05, 0.1) is 26.4 Å². The molecule has 0 saturated carbocycles. The maximum atomic E-state index is 9.63. The van der Waals surface area contributed by atoms with Gasteiger partial charge < -0.3 is 39.7 Å². The van der Waals surface area contributed by atoms with Crippen molar-refractivity contribution in [3.8, 4) is 0 Å². The van der Waals surface area contributed by atoms with E-state index in [2.05, 4.69) is 9.80 Å². The molecule has 0 amide bonds. The zero-order valence-electron chi connectivity index (χ0n) is 13.7. The summed E-state index contributed by atoms with van der Waals surface area (Å²) < 4.78 is 10.0. The van der Waals surface area contributed by atoms with E-state index in [-0.39, 0.29) is 26.4 Å². The van der Waals surface area contributed by atoms with Crippen LogP contribution in [0.1, 0.15) is 12.8 Å². The predicted molar refractivity (Wildman–Crippen MR) is 82.3 cm³/mol. The van der Waals surface area contributed by atoms with Crippen LogP contribution in [0.15, 0.2) is 0 Å². The van der Waals surface area contributed by atoms with E-state index in [4.69, 9.17) is 19.7 Å². The Morgan fingerprint density at radius 2 is 1.23 bits per heavy atom. The van der Waals surface area contributed by atoms with Crippen LogP contribution in [0.2, 0.25) is 0 Å². The van der Waals surface area contributed by atoms with Gasteiger partial charge in [-0.05, 0) is 14.1 Å². The first-order valence-corrected chi connectivity index (χ1v) is 7.67. The second kappa shape index (κ2) is 14.3. The first-order chi connectivity index (χ1) is 10.5. The Hall–Kier alpha value is -0.320. The molecule has 2 atom stereocenters. The molecule has 0 bridgehead atoms. The van der Waals surface area contributed by atoms with Crippen molar-refractivity contribution >= 4 is 0 Å². The number of aliphatic hydroxyl groups is 4. The molecule has 8 heteroatoms. The van der Waals surface area contributed by atoms with Crippen molar-refractivity contribution in [2.45, 2.75) is 25.4 Å². The molecule has 4 N–H and O–H groups in total. The maximum Gasteiger partial charge on any atom is 0.155 e. The molecule has 0 fully saturated rings. The largest absolute Gasteiger partial charge is 0.394 e. The van der Waals surface area contributed by atoms with E-state index in [1.54, 1.807) is 0 Å². The fourth-order valence-corrected chi connectivity index (χ4v) is 1.81. The number of ether oxygens (including phenoxy) is 2. The number of aliphatic hydroxyl groups excluding tert-OH is 4. The minimum atomic E-state index is -0.899. The number of hydrogen-bond acceptors (Lipinski definition) is 8. The van der Waals surface area contributed by atoms with Gasteiger partial charge in [-0.2, -0.15) is 0 Å². The third kappa shape index (κ3) is 13.4. The van der Waals surface area contributed by atoms with Crippen molar-refractivity contribution in [3.63, 3.8) is 0 Å². The van der Waals surface area contributed by atoms with Gasteiger partial charge in [-0.3, -0.25) is 0 Å². The fourth-order valence-electron chi connectivity index (χ4n) is 1.81. The molecule has 22 heavy (non-hydrogen) atoms. The van der Waals surface area contributed by atoms with Crippen molar-refractivity contribution < 1.29 is 29.9 Å². The third-order valence-corrected chi connectivity index (χ3v) is 3.05. The van der Waals surface area contributed by atoms with Crippen LogP contribution in [0.5, 0.6) is 0 Å². The summed E-state index contributed by atoms with van der Waals surface area (Å²) in [4.78, 5) is 4.17. The second-order valence-corrected chi connectivity index (χ2v) is 5.32. The van der Waals surface area contributed by atoms with Gasteiger partial charge in [0.1, 0.15) is 0 Å². The molecule has 0 heterocycles. The average Bonchev–Trinajstić information content (AvgIpc) is 2.49. The topological polar surface area (TPSA) is 106 Å². The molecule has 0 aromatic heterocycles. The van der Waals surface area contributed by atoms with Crippen LogP contribution in [0.4, 0.5) is 0 Å². The van der Waals surface area contributed by atoms with Gasteiger partial charge in [-0.1, -0.05) is 0 Å². The Morgan fingerprint density at radius 3 is 1.59 bits per heavy atom. The smallest absolute Gasteiger partial charge is 0.155 e. The molecule has 0 spiro atoms. The van der Waals surface area contributed by atoms with E-state index >= 15 is 0 Å². The van der Waals surface area contributed by atoms with Crippen LogP contribution >= 0.6 is 0 Å². The Morgan fingerprint density at radius 1 is 0.773 bits per heavy atom. The summed E-state index contributed by atoms with van der Waals surface area (Å²) in [6.45, 7) is 2.90. The quantitative estimate of drug-likeness (QED) is 0.264. The van der Waals surface area contributed by atoms with Crippen molar-refractivity contribution in [3.05, 3.63) is 0 Å². The molecule has 0 aliphatic rings. The van der Waals surface area contributed by atoms with Gasteiger partial charge >= 0.3 is 0 Å². The van der Waals surface area contributed by atoms with Crippen LogP contribution in [0, 0.1) is 0 Å². The molecule has 2 unspecified atom stereocenters. The van der Waals surface area contributed by atoms with Crippen LogP contribution < -0.4 is 0 Å². The third-order valence-electron chi connectivity index (χ3n) is 3.05. The number of hydrogen-bond donors (Lipinski definition) is 4. The van der Waals surface area contributed by atoms with Gasteiger partial charge in [-0.25, -0.2) is 0 Å². The van der Waals surface area contributed by atoms with Crippen LogP contribution in [0.3, 0.4) is 0 Å². The van der Waals surface area contributed by atoms with Crippen molar-refractivity contribution in [2.24, 2.45) is 0 Å². The summed E-state index contributed by atoms with van der Waals surface area (Å²) in [6, 6.07) is 0. The lowest BCUT2D eigenvalue weighted by molar-refractivity contribution is -0.119. The normalized spacial score (nSPS) is 14.7. The zero-order valence-corrected chi connectivity index (χ0v) is 13.7. The van der Waals surface area contributed by atoms with Gasteiger partial charge in [0.25, 0.3) is 0 Å². The van der Waals surface area contributed by atoms with E-state index in [1.165, 1.54) is 0 Å². The Kier molecular flexibility index (Phi) is 14.1. The molecule has 0 rings (SSSR count). The monoisotopic (exact) mass is 324 g/mol. The zero-order chi connectivity index (χ0) is 16.8. The summed E-state index contributed by atoms with van der Waals surface area (Å²) in [5.41, 5.74) is 0. The summed E-state index contributed by atoms with van der Waals surface area (Å²) in [5, 5.41) is 36.5.